The van der Waals surface area contributed by atoms with Gasteiger partial charge < -0.3 is 15.4 Å². The molecule has 0 radical (unpaired) electrons. The molecule has 1 atom stereocenters. The van der Waals surface area contributed by atoms with Crippen molar-refractivity contribution in [1.82, 2.24) is 10.6 Å². The molecule has 116 valence electrons. The Kier molecular flexibility index (Phi) is 5.91. The highest BCUT2D eigenvalue weighted by Crippen LogP contribution is 2.28. The van der Waals surface area contributed by atoms with E-state index in [-0.39, 0.29) is 12.1 Å². The van der Waals surface area contributed by atoms with Crippen LogP contribution in [0.15, 0.2) is 22.7 Å². The van der Waals surface area contributed by atoms with Gasteiger partial charge in [-0.15, -0.1) is 0 Å². The van der Waals surface area contributed by atoms with E-state index in [9.17, 15) is 4.79 Å². The second kappa shape index (κ2) is 7.69. The molecule has 2 N–H and O–H groups in total. The first-order valence-corrected chi connectivity index (χ1v) is 8.30. The van der Waals surface area contributed by atoms with E-state index in [4.69, 9.17) is 4.74 Å². The number of rotatable bonds is 4. The maximum absolute atomic E-state index is 12.0. The first-order chi connectivity index (χ1) is 10.1. The normalized spacial score (nSPS) is 17.1. The number of carbonyl (C=O) groups excluding carboxylic acids is 1. The zero-order chi connectivity index (χ0) is 15.2. The summed E-state index contributed by atoms with van der Waals surface area (Å²) in [4.78, 5) is 12.0. The van der Waals surface area contributed by atoms with Gasteiger partial charge in [0.25, 0.3) is 0 Å². The summed E-state index contributed by atoms with van der Waals surface area (Å²) >= 11 is 3.47. The average molecular weight is 355 g/mol. The van der Waals surface area contributed by atoms with Crippen LogP contribution in [0.3, 0.4) is 0 Å². The van der Waals surface area contributed by atoms with Crippen molar-refractivity contribution in [3.63, 3.8) is 0 Å². The lowest BCUT2D eigenvalue weighted by molar-refractivity contribution is 0.229. The van der Waals surface area contributed by atoms with E-state index >= 15 is 0 Å². The van der Waals surface area contributed by atoms with Crippen molar-refractivity contribution in [2.75, 3.05) is 7.11 Å². The molecule has 21 heavy (non-hydrogen) atoms. The topological polar surface area (TPSA) is 50.4 Å². The maximum atomic E-state index is 12.0. The molecule has 0 aromatic heterocycles. The molecule has 1 aromatic rings. The zero-order valence-corrected chi connectivity index (χ0v) is 14.2. The van der Waals surface area contributed by atoms with Gasteiger partial charge in [0.1, 0.15) is 5.75 Å². The number of benzene rings is 1. The lowest BCUT2D eigenvalue weighted by Crippen LogP contribution is -2.43. The third kappa shape index (κ3) is 4.63. The van der Waals surface area contributed by atoms with E-state index in [1.807, 2.05) is 25.1 Å². The molecule has 1 saturated carbocycles. The lowest BCUT2D eigenvalue weighted by Gasteiger charge is -2.24. The van der Waals surface area contributed by atoms with Crippen molar-refractivity contribution in [3.8, 4) is 5.75 Å². The molecule has 1 fully saturated rings. The highest BCUT2D eigenvalue weighted by atomic mass is 79.9. The number of amides is 2. The van der Waals surface area contributed by atoms with Crippen molar-refractivity contribution in [2.45, 2.75) is 51.1 Å². The average Bonchev–Trinajstić information content (AvgIpc) is 2.48. The molecule has 0 saturated heterocycles. The van der Waals surface area contributed by atoms with Crippen LogP contribution >= 0.6 is 15.9 Å². The second-order valence-electron chi connectivity index (χ2n) is 5.57. The highest BCUT2D eigenvalue weighted by molar-refractivity contribution is 9.10. The number of halogens is 1. The van der Waals surface area contributed by atoms with Crippen molar-refractivity contribution in [2.24, 2.45) is 0 Å². The molecule has 0 bridgehead atoms. The molecule has 2 amide bonds. The fourth-order valence-corrected chi connectivity index (χ4v) is 3.26. The second-order valence-corrected chi connectivity index (χ2v) is 6.42. The predicted octanol–water partition coefficient (Wildman–Crippen LogP) is 4.15. The van der Waals surface area contributed by atoms with Crippen LogP contribution in [-0.4, -0.2) is 19.2 Å². The van der Waals surface area contributed by atoms with Crippen LogP contribution < -0.4 is 15.4 Å². The molecule has 2 rings (SSSR count). The van der Waals surface area contributed by atoms with Gasteiger partial charge in [0.15, 0.2) is 0 Å². The number of nitrogens with one attached hydrogen (secondary N) is 2. The fourth-order valence-electron chi connectivity index (χ4n) is 2.71. The molecule has 4 nitrogen and oxygen atoms in total. The first kappa shape index (κ1) is 16.1. The molecular weight excluding hydrogens is 332 g/mol. The van der Waals surface area contributed by atoms with Crippen LogP contribution in [0.5, 0.6) is 5.75 Å². The molecule has 0 heterocycles. The van der Waals surface area contributed by atoms with Gasteiger partial charge >= 0.3 is 6.03 Å². The number of carbonyl (C=O) groups is 1. The van der Waals surface area contributed by atoms with Gasteiger partial charge in [-0.05, 0) is 53.4 Å². The van der Waals surface area contributed by atoms with E-state index in [2.05, 4.69) is 26.6 Å². The Balaban J connectivity index is 1.89. The van der Waals surface area contributed by atoms with E-state index in [0.29, 0.717) is 6.04 Å². The summed E-state index contributed by atoms with van der Waals surface area (Å²) in [6, 6.07) is 6.04. The maximum Gasteiger partial charge on any atom is 0.315 e. The SMILES string of the molecule is COc1ccc([C@H](C)NC(=O)NC2CCCCC2)cc1Br. The van der Waals surface area contributed by atoms with Crippen molar-refractivity contribution in [3.05, 3.63) is 28.2 Å². The quantitative estimate of drug-likeness (QED) is 0.853. The molecule has 1 aromatic carbocycles. The van der Waals surface area contributed by atoms with Crippen LogP contribution in [0.1, 0.15) is 50.6 Å². The van der Waals surface area contributed by atoms with E-state index in [1.165, 1.54) is 19.3 Å². The summed E-state index contributed by atoms with van der Waals surface area (Å²) in [7, 11) is 1.64. The summed E-state index contributed by atoms with van der Waals surface area (Å²) in [6.45, 7) is 1.98. The monoisotopic (exact) mass is 354 g/mol. The minimum atomic E-state index is -0.0821. The number of ether oxygens (including phenoxy) is 1. The molecule has 0 spiro atoms. The minimum Gasteiger partial charge on any atom is -0.496 e. The van der Waals surface area contributed by atoms with Gasteiger partial charge in [-0.25, -0.2) is 4.79 Å². The zero-order valence-electron chi connectivity index (χ0n) is 12.6. The summed E-state index contributed by atoms with van der Waals surface area (Å²) in [5, 5.41) is 6.07. The molecular formula is C16H23BrN2O2. The number of methoxy groups -OCH3 is 1. The Labute approximate surface area is 134 Å². The molecule has 0 unspecified atom stereocenters. The molecule has 1 aliphatic carbocycles. The molecule has 0 aliphatic heterocycles. The van der Waals surface area contributed by atoms with E-state index in [1.54, 1.807) is 7.11 Å². The van der Waals surface area contributed by atoms with Crippen LogP contribution in [0, 0.1) is 0 Å². The smallest absolute Gasteiger partial charge is 0.315 e. The van der Waals surface area contributed by atoms with Crippen molar-refractivity contribution >= 4 is 22.0 Å². The van der Waals surface area contributed by atoms with Gasteiger partial charge in [-0.3, -0.25) is 0 Å². The van der Waals surface area contributed by atoms with Crippen molar-refractivity contribution in [1.29, 1.82) is 0 Å². The van der Waals surface area contributed by atoms with Gasteiger partial charge in [-0.2, -0.15) is 0 Å². The third-order valence-electron chi connectivity index (χ3n) is 3.96. The highest BCUT2D eigenvalue weighted by Gasteiger charge is 2.17. The minimum absolute atomic E-state index is 0.0456. The van der Waals surface area contributed by atoms with Crippen molar-refractivity contribution < 1.29 is 9.53 Å². The summed E-state index contributed by atoms with van der Waals surface area (Å²) in [6.07, 6.45) is 5.90. The van der Waals surface area contributed by atoms with Gasteiger partial charge in [0, 0.05) is 6.04 Å². The van der Waals surface area contributed by atoms with Gasteiger partial charge in [0.2, 0.25) is 0 Å². The number of hydrogen-bond acceptors (Lipinski definition) is 2. The van der Waals surface area contributed by atoms with Crippen LogP contribution in [0.25, 0.3) is 0 Å². The van der Waals surface area contributed by atoms with Gasteiger partial charge in [-0.1, -0.05) is 25.3 Å². The summed E-state index contributed by atoms with van der Waals surface area (Å²) in [5.74, 6) is 0.789. The Hall–Kier alpha value is -1.23. The summed E-state index contributed by atoms with van der Waals surface area (Å²) < 4.78 is 6.11. The van der Waals surface area contributed by atoms with E-state index in [0.717, 1.165) is 28.6 Å². The predicted molar refractivity (Wildman–Crippen MR) is 87.6 cm³/mol. The molecule has 1 aliphatic rings. The molecule has 5 heteroatoms. The van der Waals surface area contributed by atoms with Crippen LogP contribution in [0.2, 0.25) is 0 Å². The Bertz CT molecular complexity index is 487. The summed E-state index contributed by atoms with van der Waals surface area (Å²) in [5.41, 5.74) is 1.04. The number of hydrogen-bond donors (Lipinski definition) is 2. The standard InChI is InChI=1S/C16H23BrN2O2/c1-11(12-8-9-15(21-2)14(17)10-12)18-16(20)19-13-6-4-3-5-7-13/h8-11,13H,3-7H2,1-2H3,(H2,18,19,20)/t11-/m0/s1. The fraction of sp³-hybridized carbons (Fsp3) is 0.562. The van der Waals surface area contributed by atoms with Crippen LogP contribution in [0.4, 0.5) is 4.79 Å². The van der Waals surface area contributed by atoms with E-state index < -0.39 is 0 Å². The lowest BCUT2D eigenvalue weighted by atomic mass is 9.96. The Morgan fingerprint density at radius 1 is 1.33 bits per heavy atom. The van der Waals surface area contributed by atoms with Gasteiger partial charge in [0.05, 0.1) is 17.6 Å². The van der Waals surface area contributed by atoms with Crippen LogP contribution in [-0.2, 0) is 0 Å². The Morgan fingerprint density at radius 3 is 2.67 bits per heavy atom. The largest absolute Gasteiger partial charge is 0.496 e. The third-order valence-corrected chi connectivity index (χ3v) is 4.58. The Morgan fingerprint density at radius 2 is 2.05 bits per heavy atom. The first-order valence-electron chi connectivity index (χ1n) is 7.50. The number of urea groups is 1.